The molecule has 2 nitrogen and oxygen atoms in total. The zero-order valence-corrected chi connectivity index (χ0v) is 12.9. The number of aryl methyl sites for hydroxylation is 1. The maximum atomic E-state index is 5.33. The number of benzene rings is 1. The number of rotatable bonds is 9. The minimum absolute atomic E-state index is 0.578. The van der Waals surface area contributed by atoms with E-state index in [0.717, 1.165) is 26.1 Å². The second-order valence-corrected chi connectivity index (χ2v) is 5.53. The predicted octanol–water partition coefficient (Wildman–Crippen LogP) is 3.44. The maximum Gasteiger partial charge on any atom is 0.0491 e. The van der Waals surface area contributed by atoms with Crippen LogP contribution in [0.2, 0.25) is 0 Å². The Kier molecular flexibility index (Phi) is 7.76. The Morgan fingerprint density at radius 1 is 1.26 bits per heavy atom. The van der Waals surface area contributed by atoms with Crippen LogP contribution in [0.3, 0.4) is 0 Å². The van der Waals surface area contributed by atoms with E-state index >= 15 is 0 Å². The van der Waals surface area contributed by atoms with Crippen LogP contribution in [0.1, 0.15) is 31.4 Å². The summed E-state index contributed by atoms with van der Waals surface area (Å²) in [4.78, 5) is 0. The van der Waals surface area contributed by atoms with Crippen molar-refractivity contribution in [2.75, 3.05) is 26.8 Å². The molecule has 0 amide bonds. The fourth-order valence-electron chi connectivity index (χ4n) is 2.46. The van der Waals surface area contributed by atoms with Gasteiger partial charge in [0.15, 0.2) is 0 Å². The summed E-state index contributed by atoms with van der Waals surface area (Å²) in [5, 5.41) is 3.56. The second-order valence-electron chi connectivity index (χ2n) is 5.53. The third-order valence-electron chi connectivity index (χ3n) is 3.81. The molecular formula is C17H29NO. The van der Waals surface area contributed by atoms with E-state index in [1.54, 1.807) is 7.11 Å². The molecule has 0 saturated carbocycles. The van der Waals surface area contributed by atoms with Gasteiger partial charge < -0.3 is 10.1 Å². The lowest BCUT2D eigenvalue weighted by atomic mass is 9.87. The first-order chi connectivity index (χ1) is 9.19. The van der Waals surface area contributed by atoms with E-state index in [1.165, 1.54) is 17.5 Å². The minimum atomic E-state index is 0.578. The van der Waals surface area contributed by atoms with Crippen molar-refractivity contribution in [3.05, 3.63) is 35.4 Å². The van der Waals surface area contributed by atoms with Crippen molar-refractivity contribution in [2.24, 2.45) is 11.8 Å². The number of hydrogen-bond donors (Lipinski definition) is 1. The highest BCUT2D eigenvalue weighted by atomic mass is 16.5. The van der Waals surface area contributed by atoms with Gasteiger partial charge in [-0.25, -0.2) is 0 Å². The number of methoxy groups -OCH3 is 1. The van der Waals surface area contributed by atoms with E-state index in [1.807, 2.05) is 0 Å². The van der Waals surface area contributed by atoms with Gasteiger partial charge in [-0.05, 0) is 55.8 Å². The first-order valence-corrected chi connectivity index (χ1v) is 7.43. The summed E-state index contributed by atoms with van der Waals surface area (Å²) < 4.78 is 5.33. The molecule has 1 aromatic carbocycles. The van der Waals surface area contributed by atoms with Gasteiger partial charge >= 0.3 is 0 Å². The SMILES string of the molecule is CCCNCC(Cc1ccccc1C)C(C)COC. The lowest BCUT2D eigenvalue weighted by molar-refractivity contribution is 0.128. The Morgan fingerprint density at radius 2 is 2.00 bits per heavy atom. The normalized spacial score (nSPS) is 14.3. The summed E-state index contributed by atoms with van der Waals surface area (Å²) in [7, 11) is 1.79. The van der Waals surface area contributed by atoms with Crippen molar-refractivity contribution < 1.29 is 4.74 Å². The van der Waals surface area contributed by atoms with Crippen LogP contribution in [0.15, 0.2) is 24.3 Å². The second kappa shape index (κ2) is 9.11. The smallest absolute Gasteiger partial charge is 0.0491 e. The van der Waals surface area contributed by atoms with Crippen molar-refractivity contribution in [3.63, 3.8) is 0 Å². The molecule has 2 unspecified atom stereocenters. The Balaban J connectivity index is 2.64. The van der Waals surface area contributed by atoms with E-state index < -0.39 is 0 Å². The van der Waals surface area contributed by atoms with Gasteiger partial charge in [0, 0.05) is 13.7 Å². The molecule has 2 atom stereocenters. The van der Waals surface area contributed by atoms with Crippen molar-refractivity contribution in [3.8, 4) is 0 Å². The van der Waals surface area contributed by atoms with Crippen molar-refractivity contribution >= 4 is 0 Å². The summed E-state index contributed by atoms with van der Waals surface area (Å²) in [5.41, 5.74) is 2.86. The Hall–Kier alpha value is -0.860. The molecule has 0 bridgehead atoms. The van der Waals surface area contributed by atoms with Crippen LogP contribution < -0.4 is 5.32 Å². The van der Waals surface area contributed by atoms with Gasteiger partial charge in [0.2, 0.25) is 0 Å². The highest BCUT2D eigenvalue weighted by Gasteiger charge is 2.18. The zero-order valence-electron chi connectivity index (χ0n) is 12.9. The number of nitrogens with one attached hydrogen (secondary N) is 1. The average Bonchev–Trinajstić information content (AvgIpc) is 2.40. The van der Waals surface area contributed by atoms with Crippen LogP contribution in [-0.2, 0) is 11.2 Å². The summed E-state index contributed by atoms with van der Waals surface area (Å²) in [6.07, 6.45) is 2.32. The molecule has 1 aromatic rings. The van der Waals surface area contributed by atoms with Gasteiger partial charge in [-0.15, -0.1) is 0 Å². The van der Waals surface area contributed by atoms with Gasteiger partial charge in [0.1, 0.15) is 0 Å². The van der Waals surface area contributed by atoms with Gasteiger partial charge in [-0.2, -0.15) is 0 Å². The molecule has 2 heteroatoms. The molecular weight excluding hydrogens is 234 g/mol. The van der Waals surface area contributed by atoms with E-state index in [4.69, 9.17) is 4.74 Å². The summed E-state index contributed by atoms with van der Waals surface area (Å²) in [6, 6.07) is 8.70. The molecule has 0 spiro atoms. The first kappa shape index (κ1) is 16.2. The van der Waals surface area contributed by atoms with Crippen LogP contribution >= 0.6 is 0 Å². The Bertz CT molecular complexity index is 351. The van der Waals surface area contributed by atoms with E-state index in [9.17, 15) is 0 Å². The van der Waals surface area contributed by atoms with Gasteiger partial charge in [-0.1, -0.05) is 38.1 Å². The number of hydrogen-bond acceptors (Lipinski definition) is 2. The Labute approximate surface area is 118 Å². The third-order valence-corrected chi connectivity index (χ3v) is 3.81. The quantitative estimate of drug-likeness (QED) is 0.689. The molecule has 0 radical (unpaired) electrons. The van der Waals surface area contributed by atoms with Crippen molar-refractivity contribution in [2.45, 2.75) is 33.6 Å². The van der Waals surface area contributed by atoms with Crippen LogP contribution in [0.4, 0.5) is 0 Å². The third kappa shape index (κ3) is 5.75. The van der Waals surface area contributed by atoms with Gasteiger partial charge in [0.05, 0.1) is 0 Å². The number of ether oxygens (including phenoxy) is 1. The van der Waals surface area contributed by atoms with Crippen LogP contribution in [-0.4, -0.2) is 26.8 Å². The summed E-state index contributed by atoms with van der Waals surface area (Å²) >= 11 is 0. The molecule has 1 rings (SSSR count). The van der Waals surface area contributed by atoms with E-state index in [0.29, 0.717) is 11.8 Å². The monoisotopic (exact) mass is 263 g/mol. The highest BCUT2D eigenvalue weighted by Crippen LogP contribution is 2.19. The molecule has 108 valence electrons. The Morgan fingerprint density at radius 3 is 2.63 bits per heavy atom. The molecule has 0 aromatic heterocycles. The van der Waals surface area contributed by atoms with Gasteiger partial charge in [0.25, 0.3) is 0 Å². The average molecular weight is 263 g/mol. The molecule has 0 heterocycles. The standard InChI is InChI=1S/C17H29NO/c1-5-10-18-12-17(15(3)13-19-4)11-16-9-7-6-8-14(16)2/h6-9,15,17-18H,5,10-13H2,1-4H3. The minimum Gasteiger partial charge on any atom is -0.384 e. The van der Waals surface area contributed by atoms with E-state index in [2.05, 4.69) is 50.4 Å². The predicted molar refractivity (Wildman–Crippen MR) is 82.6 cm³/mol. The summed E-state index contributed by atoms with van der Waals surface area (Å²) in [6.45, 7) is 9.72. The highest BCUT2D eigenvalue weighted by molar-refractivity contribution is 5.26. The largest absolute Gasteiger partial charge is 0.384 e. The molecule has 0 saturated heterocycles. The molecule has 0 fully saturated rings. The lowest BCUT2D eigenvalue weighted by Crippen LogP contribution is -2.31. The van der Waals surface area contributed by atoms with E-state index in [-0.39, 0.29) is 0 Å². The van der Waals surface area contributed by atoms with Gasteiger partial charge in [-0.3, -0.25) is 0 Å². The maximum absolute atomic E-state index is 5.33. The van der Waals surface area contributed by atoms with Crippen molar-refractivity contribution in [1.29, 1.82) is 0 Å². The molecule has 0 aliphatic rings. The fourth-order valence-corrected chi connectivity index (χ4v) is 2.46. The first-order valence-electron chi connectivity index (χ1n) is 7.43. The molecule has 0 aliphatic carbocycles. The van der Waals surface area contributed by atoms with Crippen LogP contribution in [0, 0.1) is 18.8 Å². The van der Waals surface area contributed by atoms with Crippen molar-refractivity contribution in [1.82, 2.24) is 5.32 Å². The fraction of sp³-hybridized carbons (Fsp3) is 0.647. The summed E-state index contributed by atoms with van der Waals surface area (Å²) in [5.74, 6) is 1.21. The molecule has 1 N–H and O–H groups in total. The lowest BCUT2D eigenvalue weighted by Gasteiger charge is -2.24. The molecule has 0 aliphatic heterocycles. The van der Waals surface area contributed by atoms with Crippen LogP contribution in [0.25, 0.3) is 0 Å². The zero-order chi connectivity index (χ0) is 14.1. The van der Waals surface area contributed by atoms with Crippen LogP contribution in [0.5, 0.6) is 0 Å². The molecule has 19 heavy (non-hydrogen) atoms. The topological polar surface area (TPSA) is 21.3 Å².